The quantitative estimate of drug-likeness (QED) is 0.673. The van der Waals surface area contributed by atoms with E-state index in [-0.39, 0.29) is 30.0 Å². The molecule has 0 saturated carbocycles. The molecule has 0 radical (unpaired) electrons. The van der Waals surface area contributed by atoms with E-state index in [0.717, 1.165) is 9.21 Å². The number of hydrogen-bond acceptors (Lipinski definition) is 5. The molecule has 164 valence electrons. The molecule has 0 spiro atoms. The Morgan fingerprint density at radius 3 is 2.27 bits per heavy atom. The Morgan fingerprint density at radius 1 is 1.17 bits per heavy atom. The lowest BCUT2D eigenvalue weighted by Crippen LogP contribution is -2.63. The average molecular weight is 439 g/mol. The standard InChI is InChI=1S/C20H26N2O7S/c1-14-17(18(23)24)22(12-11-21(14)19(25)26)30(27,28)16-8-6-15(7-9-16)29-13-5-10-20(2,3)4/h6-9,14,17H,11-13H2,1-4H3,(H,23,24)(H,25,26). The van der Waals surface area contributed by atoms with Crippen LogP contribution in [0.5, 0.6) is 5.75 Å². The Labute approximate surface area is 176 Å². The highest BCUT2D eigenvalue weighted by Crippen LogP contribution is 2.26. The number of carboxylic acid groups (broad SMARTS) is 2. The van der Waals surface area contributed by atoms with Crippen molar-refractivity contribution in [1.82, 2.24) is 9.21 Å². The van der Waals surface area contributed by atoms with Crippen LogP contribution in [0.2, 0.25) is 0 Å². The first-order valence-electron chi connectivity index (χ1n) is 9.32. The smallest absolute Gasteiger partial charge is 0.407 e. The van der Waals surface area contributed by atoms with Crippen LogP contribution < -0.4 is 4.74 Å². The van der Waals surface area contributed by atoms with Gasteiger partial charge in [-0.2, -0.15) is 4.31 Å². The number of aliphatic carboxylic acids is 1. The number of hydrogen-bond donors (Lipinski definition) is 2. The second-order valence-corrected chi connectivity index (χ2v) is 9.82. The molecule has 9 nitrogen and oxygen atoms in total. The van der Waals surface area contributed by atoms with E-state index in [4.69, 9.17) is 4.74 Å². The zero-order chi connectivity index (χ0) is 22.7. The Kier molecular flexibility index (Phi) is 7.00. The number of sulfonamides is 1. The molecular formula is C20H26N2O7S. The highest BCUT2D eigenvalue weighted by Gasteiger charge is 2.46. The summed E-state index contributed by atoms with van der Waals surface area (Å²) in [5.41, 5.74) is -0.149. The number of rotatable bonds is 5. The Morgan fingerprint density at radius 2 is 1.77 bits per heavy atom. The molecule has 10 heteroatoms. The summed E-state index contributed by atoms with van der Waals surface area (Å²) >= 11 is 0. The molecule has 2 N–H and O–H groups in total. The minimum absolute atomic E-state index is 0.0992. The topological polar surface area (TPSA) is 124 Å². The van der Waals surface area contributed by atoms with E-state index in [1.54, 1.807) is 0 Å². The third kappa shape index (κ3) is 5.43. The van der Waals surface area contributed by atoms with Crippen LogP contribution in [0.25, 0.3) is 0 Å². The Bertz CT molecular complexity index is 956. The average Bonchev–Trinajstić information content (AvgIpc) is 2.64. The molecule has 1 saturated heterocycles. The van der Waals surface area contributed by atoms with Crippen LogP contribution in [0, 0.1) is 17.3 Å². The minimum Gasteiger partial charge on any atom is -0.481 e. The van der Waals surface area contributed by atoms with E-state index in [1.165, 1.54) is 31.2 Å². The molecule has 1 heterocycles. The van der Waals surface area contributed by atoms with Crippen LogP contribution in [0.4, 0.5) is 4.79 Å². The first-order chi connectivity index (χ1) is 13.8. The predicted octanol–water partition coefficient (Wildman–Crippen LogP) is 1.94. The van der Waals surface area contributed by atoms with Gasteiger partial charge in [0.1, 0.15) is 18.4 Å². The van der Waals surface area contributed by atoms with Gasteiger partial charge in [-0.05, 0) is 52.0 Å². The number of ether oxygens (including phenoxy) is 1. The van der Waals surface area contributed by atoms with Gasteiger partial charge in [0.15, 0.2) is 0 Å². The van der Waals surface area contributed by atoms with Gasteiger partial charge >= 0.3 is 12.1 Å². The summed E-state index contributed by atoms with van der Waals surface area (Å²) in [6, 6.07) is 3.04. The molecule has 1 aromatic rings. The number of piperazine rings is 1. The third-order valence-electron chi connectivity index (χ3n) is 4.52. The SMILES string of the molecule is CC1C(C(=O)O)N(S(=O)(=O)c2ccc(OCC#CC(C)(C)C)cc2)CCN1C(=O)O. The fourth-order valence-corrected chi connectivity index (χ4v) is 4.73. The van der Waals surface area contributed by atoms with Crippen molar-refractivity contribution in [3.8, 4) is 17.6 Å². The van der Waals surface area contributed by atoms with E-state index in [1.807, 2.05) is 20.8 Å². The molecule has 0 bridgehead atoms. The summed E-state index contributed by atoms with van der Waals surface area (Å²) in [6.45, 7) is 7.08. The molecule has 1 aromatic carbocycles. The molecule has 2 unspecified atom stereocenters. The first-order valence-corrected chi connectivity index (χ1v) is 10.8. The fourth-order valence-electron chi connectivity index (χ4n) is 3.09. The Hall–Kier alpha value is -2.77. The number of carbonyl (C=O) groups is 2. The van der Waals surface area contributed by atoms with Crippen molar-refractivity contribution in [2.24, 2.45) is 5.41 Å². The van der Waals surface area contributed by atoms with Crippen LogP contribution in [-0.4, -0.2) is 71.7 Å². The van der Waals surface area contributed by atoms with Crippen LogP contribution in [0.15, 0.2) is 29.2 Å². The first kappa shape index (κ1) is 23.5. The van der Waals surface area contributed by atoms with E-state index in [0.29, 0.717) is 5.75 Å². The lowest BCUT2D eigenvalue weighted by molar-refractivity contribution is -0.144. The minimum atomic E-state index is -4.15. The van der Waals surface area contributed by atoms with Crippen LogP contribution >= 0.6 is 0 Å². The predicted molar refractivity (Wildman–Crippen MR) is 109 cm³/mol. The van der Waals surface area contributed by atoms with Crippen LogP contribution in [-0.2, 0) is 14.8 Å². The van der Waals surface area contributed by atoms with Gasteiger partial charge in [0.25, 0.3) is 0 Å². The van der Waals surface area contributed by atoms with E-state index in [9.17, 15) is 28.2 Å². The summed E-state index contributed by atoms with van der Waals surface area (Å²) in [4.78, 5) is 23.9. The van der Waals surface area contributed by atoms with Crippen molar-refractivity contribution < 1.29 is 33.0 Å². The zero-order valence-corrected chi connectivity index (χ0v) is 18.1. The van der Waals surface area contributed by atoms with Crippen molar-refractivity contribution in [2.45, 2.75) is 44.7 Å². The normalized spacial score (nSPS) is 20.2. The lowest BCUT2D eigenvalue weighted by Gasteiger charge is -2.42. The van der Waals surface area contributed by atoms with Crippen molar-refractivity contribution in [3.05, 3.63) is 24.3 Å². The van der Waals surface area contributed by atoms with E-state index >= 15 is 0 Å². The molecule has 2 atom stereocenters. The maximum atomic E-state index is 13.0. The molecule has 30 heavy (non-hydrogen) atoms. The summed E-state index contributed by atoms with van der Waals surface area (Å²) in [5.74, 6) is 4.93. The zero-order valence-electron chi connectivity index (χ0n) is 17.3. The highest BCUT2D eigenvalue weighted by molar-refractivity contribution is 7.89. The lowest BCUT2D eigenvalue weighted by atomic mass is 9.98. The molecule has 1 amide bonds. The Balaban J connectivity index is 2.20. The van der Waals surface area contributed by atoms with Gasteiger partial charge in [-0.3, -0.25) is 4.79 Å². The molecule has 1 aliphatic rings. The van der Waals surface area contributed by atoms with Crippen LogP contribution in [0.3, 0.4) is 0 Å². The third-order valence-corrected chi connectivity index (χ3v) is 6.42. The molecule has 1 fully saturated rings. The molecular weight excluding hydrogens is 412 g/mol. The molecule has 0 aliphatic carbocycles. The fraction of sp³-hybridized carbons (Fsp3) is 0.500. The van der Waals surface area contributed by atoms with Gasteiger partial charge in [0.2, 0.25) is 10.0 Å². The number of nitrogens with zero attached hydrogens (tertiary/aromatic N) is 2. The maximum absolute atomic E-state index is 13.0. The van der Waals surface area contributed by atoms with Gasteiger partial charge in [-0.1, -0.05) is 11.8 Å². The summed E-state index contributed by atoms with van der Waals surface area (Å²) in [6.07, 6.45) is -1.29. The van der Waals surface area contributed by atoms with Gasteiger partial charge in [0.05, 0.1) is 10.9 Å². The van der Waals surface area contributed by atoms with Crippen molar-refractivity contribution in [3.63, 3.8) is 0 Å². The summed E-state index contributed by atoms with van der Waals surface area (Å²) in [5, 5.41) is 18.8. The number of carboxylic acids is 1. The van der Waals surface area contributed by atoms with Crippen molar-refractivity contribution >= 4 is 22.1 Å². The van der Waals surface area contributed by atoms with Gasteiger partial charge in [0, 0.05) is 18.5 Å². The highest BCUT2D eigenvalue weighted by atomic mass is 32.2. The second-order valence-electron chi connectivity index (χ2n) is 7.93. The number of benzene rings is 1. The van der Waals surface area contributed by atoms with Gasteiger partial charge in [-0.25, -0.2) is 13.2 Å². The van der Waals surface area contributed by atoms with Crippen molar-refractivity contribution in [1.29, 1.82) is 0 Å². The largest absolute Gasteiger partial charge is 0.481 e. The van der Waals surface area contributed by atoms with E-state index < -0.39 is 34.2 Å². The summed E-state index contributed by atoms with van der Waals surface area (Å²) in [7, 11) is -4.15. The monoisotopic (exact) mass is 438 g/mol. The summed E-state index contributed by atoms with van der Waals surface area (Å²) < 4.78 is 32.4. The van der Waals surface area contributed by atoms with E-state index in [2.05, 4.69) is 11.8 Å². The molecule has 1 aliphatic heterocycles. The second kappa shape index (κ2) is 8.93. The molecule has 0 aromatic heterocycles. The van der Waals surface area contributed by atoms with Gasteiger partial charge in [-0.15, -0.1) is 0 Å². The van der Waals surface area contributed by atoms with Gasteiger partial charge < -0.3 is 19.8 Å². The number of amides is 1. The van der Waals surface area contributed by atoms with Crippen molar-refractivity contribution in [2.75, 3.05) is 19.7 Å². The maximum Gasteiger partial charge on any atom is 0.407 e. The van der Waals surface area contributed by atoms with Crippen LogP contribution in [0.1, 0.15) is 27.7 Å². The molecule has 2 rings (SSSR count).